The number of aliphatic hydroxyl groups is 1. The third-order valence-corrected chi connectivity index (χ3v) is 3.56. The van der Waals surface area contributed by atoms with Gasteiger partial charge in [-0.3, -0.25) is 0 Å². The van der Waals surface area contributed by atoms with Crippen LogP contribution in [0.3, 0.4) is 0 Å². The first kappa shape index (κ1) is 10.4. The summed E-state index contributed by atoms with van der Waals surface area (Å²) >= 11 is 0. The summed E-state index contributed by atoms with van der Waals surface area (Å²) in [6.45, 7) is 5.60. The zero-order valence-corrected chi connectivity index (χ0v) is 8.82. The minimum atomic E-state index is 0.324. The highest BCUT2D eigenvalue weighted by molar-refractivity contribution is 4.78. The molecule has 0 amide bonds. The van der Waals surface area contributed by atoms with Crippen LogP contribution >= 0.6 is 0 Å². The Labute approximate surface area is 86.0 Å². The molecule has 2 unspecified atom stereocenters. The van der Waals surface area contributed by atoms with Crippen molar-refractivity contribution in [2.75, 3.05) is 39.5 Å². The first-order chi connectivity index (χ1) is 6.90. The Balaban J connectivity index is 1.79. The van der Waals surface area contributed by atoms with Gasteiger partial charge < -0.3 is 14.7 Å². The molecule has 0 aromatic carbocycles. The zero-order chi connectivity index (χ0) is 9.80. The summed E-state index contributed by atoms with van der Waals surface area (Å²) in [6, 6.07) is 0. The number of aliphatic hydroxyl groups excluding tert-OH is 1. The lowest BCUT2D eigenvalue weighted by Crippen LogP contribution is -2.33. The standard InChI is InChI=1S/C11H21NO2/c13-8-11(10-3-6-14-9-10)7-12-4-1-2-5-12/h10-11,13H,1-9H2. The van der Waals surface area contributed by atoms with Crippen molar-refractivity contribution in [3.8, 4) is 0 Å². The van der Waals surface area contributed by atoms with Gasteiger partial charge in [0.05, 0.1) is 0 Å². The Bertz CT molecular complexity index is 163. The number of nitrogens with zero attached hydrogens (tertiary/aromatic N) is 1. The second-order valence-electron chi connectivity index (χ2n) is 4.57. The Kier molecular flexibility index (Phi) is 3.79. The fraction of sp³-hybridized carbons (Fsp3) is 1.00. The van der Waals surface area contributed by atoms with E-state index in [1.165, 1.54) is 25.9 Å². The van der Waals surface area contributed by atoms with Crippen molar-refractivity contribution in [2.24, 2.45) is 11.8 Å². The van der Waals surface area contributed by atoms with Crippen LogP contribution in [-0.2, 0) is 4.74 Å². The van der Waals surface area contributed by atoms with Gasteiger partial charge in [0.1, 0.15) is 0 Å². The van der Waals surface area contributed by atoms with E-state index in [9.17, 15) is 5.11 Å². The molecule has 0 aliphatic carbocycles. The molecule has 0 spiro atoms. The highest BCUT2D eigenvalue weighted by atomic mass is 16.5. The number of hydrogen-bond donors (Lipinski definition) is 1. The first-order valence-corrected chi connectivity index (χ1v) is 5.81. The SMILES string of the molecule is OCC(CN1CCCC1)C1CCOC1. The van der Waals surface area contributed by atoms with Gasteiger partial charge in [0.2, 0.25) is 0 Å². The van der Waals surface area contributed by atoms with Crippen molar-refractivity contribution in [3.05, 3.63) is 0 Å². The molecule has 3 heteroatoms. The molecule has 2 rings (SSSR count). The van der Waals surface area contributed by atoms with Gasteiger partial charge in [0.25, 0.3) is 0 Å². The van der Waals surface area contributed by atoms with E-state index in [0.717, 1.165) is 26.2 Å². The molecule has 2 aliphatic heterocycles. The summed E-state index contributed by atoms with van der Waals surface area (Å²) in [5.74, 6) is 1.04. The van der Waals surface area contributed by atoms with Gasteiger partial charge in [-0.05, 0) is 44.2 Å². The van der Waals surface area contributed by atoms with Crippen LogP contribution in [-0.4, -0.2) is 49.5 Å². The molecule has 0 saturated carbocycles. The average molecular weight is 199 g/mol. The first-order valence-electron chi connectivity index (χ1n) is 5.81. The van der Waals surface area contributed by atoms with Crippen molar-refractivity contribution >= 4 is 0 Å². The maximum Gasteiger partial charge on any atom is 0.0499 e. The van der Waals surface area contributed by atoms with Gasteiger partial charge in [-0.2, -0.15) is 0 Å². The van der Waals surface area contributed by atoms with E-state index in [2.05, 4.69) is 4.90 Å². The summed E-state index contributed by atoms with van der Waals surface area (Å²) < 4.78 is 5.37. The second kappa shape index (κ2) is 5.10. The monoisotopic (exact) mass is 199 g/mol. The fourth-order valence-corrected chi connectivity index (χ4v) is 2.58. The quantitative estimate of drug-likeness (QED) is 0.724. The molecule has 0 radical (unpaired) electrons. The van der Waals surface area contributed by atoms with Crippen LogP contribution in [0.5, 0.6) is 0 Å². The highest BCUT2D eigenvalue weighted by Gasteiger charge is 2.27. The lowest BCUT2D eigenvalue weighted by atomic mass is 9.92. The molecule has 3 nitrogen and oxygen atoms in total. The van der Waals surface area contributed by atoms with Crippen molar-refractivity contribution in [1.29, 1.82) is 0 Å². The summed E-state index contributed by atoms with van der Waals surface area (Å²) in [6.07, 6.45) is 3.80. The molecule has 2 saturated heterocycles. The number of likely N-dealkylation sites (tertiary alicyclic amines) is 1. The number of rotatable bonds is 4. The van der Waals surface area contributed by atoms with Crippen LogP contribution in [0.15, 0.2) is 0 Å². The van der Waals surface area contributed by atoms with Crippen molar-refractivity contribution in [2.45, 2.75) is 19.3 Å². The molecule has 82 valence electrons. The predicted octanol–water partition coefficient (Wildman–Crippen LogP) is 0.727. The molecular weight excluding hydrogens is 178 g/mol. The van der Waals surface area contributed by atoms with Gasteiger partial charge in [-0.25, -0.2) is 0 Å². The van der Waals surface area contributed by atoms with Gasteiger partial charge in [-0.15, -0.1) is 0 Å². The highest BCUT2D eigenvalue weighted by Crippen LogP contribution is 2.23. The van der Waals surface area contributed by atoms with Crippen LogP contribution in [0.1, 0.15) is 19.3 Å². The van der Waals surface area contributed by atoms with E-state index in [4.69, 9.17) is 4.74 Å². The minimum absolute atomic E-state index is 0.324. The number of hydrogen-bond acceptors (Lipinski definition) is 3. The maximum absolute atomic E-state index is 9.36. The van der Waals surface area contributed by atoms with E-state index in [1.807, 2.05) is 0 Å². The molecule has 2 aliphatic rings. The van der Waals surface area contributed by atoms with Crippen LogP contribution in [0.2, 0.25) is 0 Å². The molecule has 0 aromatic heterocycles. The topological polar surface area (TPSA) is 32.7 Å². The largest absolute Gasteiger partial charge is 0.396 e. The van der Waals surface area contributed by atoms with E-state index < -0.39 is 0 Å². The normalized spacial score (nSPS) is 31.1. The second-order valence-corrected chi connectivity index (χ2v) is 4.57. The lowest BCUT2D eigenvalue weighted by molar-refractivity contribution is 0.114. The smallest absolute Gasteiger partial charge is 0.0499 e. The fourth-order valence-electron chi connectivity index (χ4n) is 2.58. The van der Waals surface area contributed by atoms with Gasteiger partial charge in [0.15, 0.2) is 0 Å². The van der Waals surface area contributed by atoms with E-state index >= 15 is 0 Å². The van der Waals surface area contributed by atoms with E-state index in [-0.39, 0.29) is 0 Å². The van der Waals surface area contributed by atoms with Crippen molar-refractivity contribution in [3.63, 3.8) is 0 Å². The molecule has 14 heavy (non-hydrogen) atoms. The Morgan fingerprint density at radius 3 is 2.71 bits per heavy atom. The summed E-state index contributed by atoms with van der Waals surface area (Å²) in [5.41, 5.74) is 0. The van der Waals surface area contributed by atoms with Crippen LogP contribution in [0.25, 0.3) is 0 Å². The van der Waals surface area contributed by atoms with E-state index in [1.54, 1.807) is 0 Å². The third kappa shape index (κ3) is 2.47. The molecule has 2 heterocycles. The maximum atomic E-state index is 9.36. The Hall–Kier alpha value is -0.120. The number of ether oxygens (including phenoxy) is 1. The molecule has 1 N–H and O–H groups in total. The molecule has 2 fully saturated rings. The van der Waals surface area contributed by atoms with Gasteiger partial charge in [0, 0.05) is 26.4 Å². The summed E-state index contributed by atoms with van der Waals surface area (Å²) in [7, 11) is 0. The summed E-state index contributed by atoms with van der Waals surface area (Å²) in [4.78, 5) is 2.49. The molecule has 0 bridgehead atoms. The van der Waals surface area contributed by atoms with Gasteiger partial charge in [-0.1, -0.05) is 0 Å². The molecular formula is C11H21NO2. The zero-order valence-electron chi connectivity index (χ0n) is 8.82. The van der Waals surface area contributed by atoms with Crippen molar-refractivity contribution in [1.82, 2.24) is 4.90 Å². The minimum Gasteiger partial charge on any atom is -0.396 e. The predicted molar refractivity (Wildman–Crippen MR) is 55.2 cm³/mol. The Morgan fingerprint density at radius 2 is 2.14 bits per heavy atom. The van der Waals surface area contributed by atoms with Crippen molar-refractivity contribution < 1.29 is 9.84 Å². The third-order valence-electron chi connectivity index (χ3n) is 3.56. The molecule has 2 atom stereocenters. The van der Waals surface area contributed by atoms with Crippen LogP contribution in [0, 0.1) is 11.8 Å². The molecule has 0 aromatic rings. The van der Waals surface area contributed by atoms with Gasteiger partial charge >= 0.3 is 0 Å². The lowest BCUT2D eigenvalue weighted by Gasteiger charge is -2.25. The van der Waals surface area contributed by atoms with E-state index in [0.29, 0.717) is 18.4 Å². The summed E-state index contributed by atoms with van der Waals surface area (Å²) in [5, 5.41) is 9.36. The Morgan fingerprint density at radius 1 is 1.36 bits per heavy atom. The average Bonchev–Trinajstić information content (AvgIpc) is 2.86. The van der Waals surface area contributed by atoms with Crippen LogP contribution < -0.4 is 0 Å². The van der Waals surface area contributed by atoms with Crippen LogP contribution in [0.4, 0.5) is 0 Å².